The van der Waals surface area contributed by atoms with Crippen molar-refractivity contribution in [3.63, 3.8) is 0 Å². The average Bonchev–Trinajstić information content (AvgIpc) is 2.16. The van der Waals surface area contributed by atoms with E-state index in [9.17, 15) is 9.90 Å². The molecule has 1 aromatic rings. The molecule has 0 bridgehead atoms. The van der Waals surface area contributed by atoms with Crippen molar-refractivity contribution in [2.75, 3.05) is 7.11 Å². The van der Waals surface area contributed by atoms with Gasteiger partial charge in [0.1, 0.15) is 5.75 Å². The topological polar surface area (TPSA) is 46.5 Å². The SMILES string of the molecule is COc1c(C)cc(Cl)cc1C(C)(C)C(=O)O. The number of rotatable bonds is 3. The van der Waals surface area contributed by atoms with Crippen LogP contribution in [0.15, 0.2) is 12.1 Å². The minimum atomic E-state index is -1.03. The molecule has 0 saturated heterocycles. The molecule has 16 heavy (non-hydrogen) atoms. The minimum absolute atomic E-state index is 0.516. The number of carboxylic acid groups (broad SMARTS) is 1. The molecule has 0 radical (unpaired) electrons. The van der Waals surface area contributed by atoms with E-state index in [1.807, 2.05) is 6.92 Å². The Morgan fingerprint density at radius 3 is 2.44 bits per heavy atom. The highest BCUT2D eigenvalue weighted by atomic mass is 35.5. The second kappa shape index (κ2) is 4.34. The molecule has 0 saturated carbocycles. The van der Waals surface area contributed by atoms with E-state index in [1.54, 1.807) is 26.0 Å². The zero-order valence-electron chi connectivity index (χ0n) is 9.80. The molecule has 1 aromatic carbocycles. The fourth-order valence-corrected chi connectivity index (χ4v) is 1.85. The molecule has 0 aliphatic heterocycles. The zero-order chi connectivity index (χ0) is 12.5. The van der Waals surface area contributed by atoms with Crippen LogP contribution in [0.2, 0.25) is 5.02 Å². The molecule has 88 valence electrons. The third-order valence-electron chi connectivity index (χ3n) is 2.65. The summed E-state index contributed by atoms with van der Waals surface area (Å²) < 4.78 is 5.25. The van der Waals surface area contributed by atoms with Crippen LogP contribution >= 0.6 is 11.6 Å². The predicted octanol–water partition coefficient (Wildman–Crippen LogP) is 3.02. The molecule has 0 aliphatic carbocycles. The number of halogens is 1. The van der Waals surface area contributed by atoms with Crippen molar-refractivity contribution in [1.82, 2.24) is 0 Å². The van der Waals surface area contributed by atoms with Crippen molar-refractivity contribution in [1.29, 1.82) is 0 Å². The first-order chi connectivity index (χ1) is 7.30. The first kappa shape index (κ1) is 12.8. The lowest BCUT2D eigenvalue weighted by Crippen LogP contribution is -2.29. The van der Waals surface area contributed by atoms with Crippen LogP contribution in [0.5, 0.6) is 5.75 Å². The average molecular weight is 243 g/mol. The van der Waals surface area contributed by atoms with Crippen molar-refractivity contribution in [3.8, 4) is 5.75 Å². The number of methoxy groups -OCH3 is 1. The third-order valence-corrected chi connectivity index (χ3v) is 2.87. The second-order valence-corrected chi connectivity index (χ2v) is 4.67. The Balaban J connectivity index is 3.48. The van der Waals surface area contributed by atoms with Gasteiger partial charge in [-0.1, -0.05) is 11.6 Å². The number of carboxylic acids is 1. The van der Waals surface area contributed by atoms with Gasteiger partial charge in [-0.3, -0.25) is 4.79 Å². The van der Waals surface area contributed by atoms with Gasteiger partial charge >= 0.3 is 5.97 Å². The molecule has 1 N–H and O–H groups in total. The van der Waals surface area contributed by atoms with E-state index < -0.39 is 11.4 Å². The number of carbonyl (C=O) groups is 1. The van der Waals surface area contributed by atoms with Crippen molar-refractivity contribution in [2.24, 2.45) is 0 Å². The first-order valence-electron chi connectivity index (χ1n) is 4.88. The molecule has 0 spiro atoms. The molecule has 0 heterocycles. The Hall–Kier alpha value is -1.22. The smallest absolute Gasteiger partial charge is 0.313 e. The van der Waals surface area contributed by atoms with E-state index in [0.717, 1.165) is 5.56 Å². The van der Waals surface area contributed by atoms with Gasteiger partial charge in [-0.25, -0.2) is 0 Å². The summed E-state index contributed by atoms with van der Waals surface area (Å²) in [5.41, 5.74) is 0.396. The number of ether oxygens (including phenoxy) is 1. The summed E-state index contributed by atoms with van der Waals surface area (Å²) in [4.78, 5) is 11.2. The Morgan fingerprint density at radius 2 is 2.00 bits per heavy atom. The van der Waals surface area contributed by atoms with Crippen molar-refractivity contribution in [2.45, 2.75) is 26.2 Å². The maximum atomic E-state index is 11.2. The molecule has 0 unspecified atom stereocenters. The molecule has 0 amide bonds. The number of hydrogen-bond donors (Lipinski definition) is 1. The number of benzene rings is 1. The summed E-state index contributed by atoms with van der Waals surface area (Å²) >= 11 is 5.94. The van der Waals surface area contributed by atoms with E-state index in [2.05, 4.69) is 0 Å². The first-order valence-corrected chi connectivity index (χ1v) is 5.26. The van der Waals surface area contributed by atoms with E-state index in [4.69, 9.17) is 16.3 Å². The Labute approximate surface area is 100.0 Å². The van der Waals surface area contributed by atoms with Gasteiger partial charge in [-0.05, 0) is 38.5 Å². The fraction of sp³-hybridized carbons (Fsp3) is 0.417. The number of hydrogen-bond acceptors (Lipinski definition) is 2. The lowest BCUT2D eigenvalue weighted by atomic mass is 9.83. The lowest BCUT2D eigenvalue weighted by Gasteiger charge is -2.23. The van der Waals surface area contributed by atoms with Gasteiger partial charge in [0, 0.05) is 10.6 Å². The third kappa shape index (κ3) is 2.14. The van der Waals surface area contributed by atoms with Crippen LogP contribution in [0.3, 0.4) is 0 Å². The molecule has 0 aliphatic rings. The molecular weight excluding hydrogens is 228 g/mol. The molecule has 3 nitrogen and oxygen atoms in total. The van der Waals surface area contributed by atoms with Crippen molar-refractivity contribution >= 4 is 17.6 Å². The maximum Gasteiger partial charge on any atom is 0.313 e. The molecular formula is C12H15ClO3. The van der Waals surface area contributed by atoms with Crippen LogP contribution in [0.4, 0.5) is 0 Å². The highest BCUT2D eigenvalue weighted by Crippen LogP contribution is 2.36. The monoisotopic (exact) mass is 242 g/mol. The molecule has 1 rings (SSSR count). The van der Waals surface area contributed by atoms with Crippen molar-refractivity contribution in [3.05, 3.63) is 28.3 Å². The highest BCUT2D eigenvalue weighted by Gasteiger charge is 2.33. The van der Waals surface area contributed by atoms with E-state index in [-0.39, 0.29) is 0 Å². The van der Waals surface area contributed by atoms with Crippen LogP contribution in [-0.2, 0) is 10.2 Å². The maximum absolute atomic E-state index is 11.2. The molecule has 0 aromatic heterocycles. The van der Waals surface area contributed by atoms with E-state index >= 15 is 0 Å². The molecule has 0 fully saturated rings. The van der Waals surface area contributed by atoms with Gasteiger partial charge in [-0.15, -0.1) is 0 Å². The van der Waals surface area contributed by atoms with Gasteiger partial charge in [0.15, 0.2) is 0 Å². The zero-order valence-corrected chi connectivity index (χ0v) is 10.6. The van der Waals surface area contributed by atoms with Crippen LogP contribution < -0.4 is 4.74 Å². The van der Waals surface area contributed by atoms with Gasteiger partial charge in [0.2, 0.25) is 0 Å². The largest absolute Gasteiger partial charge is 0.496 e. The second-order valence-electron chi connectivity index (χ2n) is 4.23. The Morgan fingerprint density at radius 1 is 1.44 bits per heavy atom. The Kier molecular flexibility index (Phi) is 3.48. The number of aryl methyl sites for hydroxylation is 1. The predicted molar refractivity (Wildman–Crippen MR) is 63.4 cm³/mol. The summed E-state index contributed by atoms with van der Waals surface area (Å²) in [5, 5.41) is 9.71. The van der Waals surface area contributed by atoms with Crippen LogP contribution in [-0.4, -0.2) is 18.2 Å². The molecule has 4 heteroatoms. The van der Waals surface area contributed by atoms with Gasteiger partial charge < -0.3 is 9.84 Å². The lowest BCUT2D eigenvalue weighted by molar-refractivity contribution is -0.142. The quantitative estimate of drug-likeness (QED) is 0.886. The standard InChI is InChI=1S/C12H15ClO3/c1-7-5-8(13)6-9(10(7)16-4)12(2,3)11(14)15/h5-6H,1-4H3,(H,14,15). The summed E-state index contributed by atoms with van der Waals surface area (Å²) in [7, 11) is 1.53. The number of aliphatic carboxylic acids is 1. The van der Waals surface area contributed by atoms with Gasteiger partial charge in [-0.2, -0.15) is 0 Å². The fourth-order valence-electron chi connectivity index (χ4n) is 1.58. The molecule has 0 atom stereocenters. The minimum Gasteiger partial charge on any atom is -0.496 e. The summed E-state index contributed by atoms with van der Waals surface area (Å²) in [6.07, 6.45) is 0. The summed E-state index contributed by atoms with van der Waals surface area (Å²) in [6, 6.07) is 3.39. The van der Waals surface area contributed by atoms with Crippen LogP contribution in [0.25, 0.3) is 0 Å². The normalized spacial score (nSPS) is 11.3. The highest BCUT2D eigenvalue weighted by molar-refractivity contribution is 6.30. The van der Waals surface area contributed by atoms with E-state index in [0.29, 0.717) is 16.3 Å². The Bertz CT molecular complexity index is 425. The van der Waals surface area contributed by atoms with Crippen molar-refractivity contribution < 1.29 is 14.6 Å². The van der Waals surface area contributed by atoms with Gasteiger partial charge in [0.25, 0.3) is 0 Å². The summed E-state index contributed by atoms with van der Waals surface area (Å²) in [5.74, 6) is -0.329. The van der Waals surface area contributed by atoms with E-state index in [1.165, 1.54) is 7.11 Å². The summed E-state index contributed by atoms with van der Waals surface area (Å²) in [6.45, 7) is 5.10. The van der Waals surface area contributed by atoms with Crippen LogP contribution in [0.1, 0.15) is 25.0 Å². The van der Waals surface area contributed by atoms with Gasteiger partial charge in [0.05, 0.1) is 12.5 Å². The van der Waals surface area contributed by atoms with Crippen LogP contribution in [0, 0.1) is 6.92 Å².